The molecule has 0 saturated heterocycles. The van der Waals surface area contributed by atoms with Crippen LogP contribution < -0.4 is 0 Å². The number of hydrogen-bond donors (Lipinski definition) is 0. The SMILES string of the molecule is C1CC2CCC1C2.CCO[Si](C)(OCC)OCC. The number of rotatable bonds is 6. The second-order valence-corrected chi connectivity index (χ2v) is 7.87. The van der Waals surface area contributed by atoms with E-state index in [4.69, 9.17) is 13.3 Å². The van der Waals surface area contributed by atoms with Gasteiger partial charge in [-0.15, -0.1) is 0 Å². The summed E-state index contributed by atoms with van der Waals surface area (Å²) in [5.41, 5.74) is 0. The molecule has 108 valence electrons. The molecule has 0 unspecified atom stereocenters. The molecule has 2 aliphatic carbocycles. The Kier molecular flexibility index (Phi) is 7.45. The van der Waals surface area contributed by atoms with Gasteiger partial charge in [0.1, 0.15) is 0 Å². The lowest BCUT2D eigenvalue weighted by molar-refractivity contribution is 0.0783. The first-order chi connectivity index (χ1) is 8.63. The third kappa shape index (κ3) is 5.39. The topological polar surface area (TPSA) is 27.7 Å². The molecule has 2 bridgehead atoms. The predicted molar refractivity (Wildman–Crippen MR) is 76.6 cm³/mol. The Bertz CT molecular complexity index is 188. The lowest BCUT2D eigenvalue weighted by Gasteiger charge is -2.23. The Morgan fingerprint density at radius 2 is 1.11 bits per heavy atom. The van der Waals surface area contributed by atoms with Gasteiger partial charge in [0.2, 0.25) is 0 Å². The van der Waals surface area contributed by atoms with Gasteiger partial charge in [0, 0.05) is 26.4 Å². The second-order valence-electron chi connectivity index (χ2n) is 5.28. The monoisotopic (exact) mass is 274 g/mol. The van der Waals surface area contributed by atoms with E-state index in [0.717, 1.165) is 0 Å². The highest BCUT2D eigenvalue weighted by molar-refractivity contribution is 6.59. The molecule has 3 nitrogen and oxygen atoms in total. The number of fused-ring (bicyclic) bond motifs is 2. The van der Waals surface area contributed by atoms with Crippen molar-refractivity contribution in [2.45, 2.75) is 59.4 Å². The van der Waals surface area contributed by atoms with Gasteiger partial charge < -0.3 is 13.3 Å². The minimum absolute atomic E-state index is 0.655. The Morgan fingerprint density at radius 3 is 1.28 bits per heavy atom. The molecular weight excluding hydrogens is 244 g/mol. The van der Waals surface area contributed by atoms with Crippen molar-refractivity contribution in [3.8, 4) is 0 Å². The summed E-state index contributed by atoms with van der Waals surface area (Å²) in [6, 6.07) is 0. The molecule has 2 rings (SSSR count). The largest absolute Gasteiger partial charge is 0.497 e. The van der Waals surface area contributed by atoms with Crippen LogP contribution in [-0.2, 0) is 13.3 Å². The minimum Gasteiger partial charge on any atom is -0.374 e. The Morgan fingerprint density at radius 1 is 0.778 bits per heavy atom. The van der Waals surface area contributed by atoms with Crippen molar-refractivity contribution in [2.75, 3.05) is 19.8 Å². The van der Waals surface area contributed by atoms with E-state index >= 15 is 0 Å². The van der Waals surface area contributed by atoms with Gasteiger partial charge in [-0.25, -0.2) is 0 Å². The van der Waals surface area contributed by atoms with Gasteiger partial charge in [-0.3, -0.25) is 0 Å². The molecule has 0 aromatic heterocycles. The molecule has 0 radical (unpaired) electrons. The van der Waals surface area contributed by atoms with Gasteiger partial charge in [0.05, 0.1) is 0 Å². The summed E-state index contributed by atoms with van der Waals surface area (Å²) in [6.45, 7) is 9.73. The van der Waals surface area contributed by atoms with Gasteiger partial charge in [-0.05, 0) is 39.0 Å². The molecule has 0 aliphatic heterocycles. The van der Waals surface area contributed by atoms with Crippen LogP contribution in [-0.4, -0.2) is 28.6 Å². The quantitative estimate of drug-likeness (QED) is 0.688. The van der Waals surface area contributed by atoms with E-state index in [-0.39, 0.29) is 0 Å². The normalized spacial score (nSPS) is 26.0. The van der Waals surface area contributed by atoms with Crippen LogP contribution in [0.25, 0.3) is 0 Å². The standard InChI is InChI=1S/C7H18O3Si.C7H12/c1-5-8-11(4,9-6-2)10-7-3;1-2-7-4-3-6(1)5-7/h5-7H2,1-4H3;6-7H,1-5H2. The van der Waals surface area contributed by atoms with E-state index in [0.29, 0.717) is 19.8 Å². The third-order valence-electron chi connectivity index (χ3n) is 3.85. The molecular formula is C14H30O3Si. The zero-order chi connectivity index (χ0) is 13.4. The average Bonchev–Trinajstić information content (AvgIpc) is 2.94. The zero-order valence-electron chi connectivity index (χ0n) is 12.5. The molecule has 2 saturated carbocycles. The van der Waals surface area contributed by atoms with Crippen LogP contribution in [0.3, 0.4) is 0 Å². The van der Waals surface area contributed by atoms with Crippen LogP contribution in [0.2, 0.25) is 6.55 Å². The average molecular weight is 274 g/mol. The molecule has 0 aromatic rings. The van der Waals surface area contributed by atoms with Crippen molar-refractivity contribution in [3.05, 3.63) is 0 Å². The Hall–Kier alpha value is 0.0969. The molecule has 18 heavy (non-hydrogen) atoms. The van der Waals surface area contributed by atoms with Gasteiger partial charge in [-0.2, -0.15) is 0 Å². The van der Waals surface area contributed by atoms with E-state index in [1.807, 2.05) is 27.3 Å². The van der Waals surface area contributed by atoms with Crippen LogP contribution in [0.5, 0.6) is 0 Å². The Labute approximate surface area is 114 Å². The fourth-order valence-electron chi connectivity index (χ4n) is 3.09. The predicted octanol–water partition coefficient (Wildman–Crippen LogP) is 3.86. The van der Waals surface area contributed by atoms with Gasteiger partial charge in [-0.1, -0.05) is 25.7 Å². The third-order valence-corrected chi connectivity index (χ3v) is 6.29. The molecule has 0 heterocycles. The van der Waals surface area contributed by atoms with E-state index in [1.54, 1.807) is 32.1 Å². The van der Waals surface area contributed by atoms with Crippen LogP contribution in [0.15, 0.2) is 0 Å². The zero-order valence-corrected chi connectivity index (χ0v) is 13.5. The summed E-state index contributed by atoms with van der Waals surface area (Å²) in [5, 5.41) is 0. The summed E-state index contributed by atoms with van der Waals surface area (Å²) in [5.74, 6) is 2.34. The van der Waals surface area contributed by atoms with Crippen LogP contribution >= 0.6 is 0 Å². The molecule has 0 spiro atoms. The van der Waals surface area contributed by atoms with Crippen LogP contribution in [0.4, 0.5) is 0 Å². The minimum atomic E-state index is -2.25. The van der Waals surface area contributed by atoms with Crippen molar-refractivity contribution in [1.82, 2.24) is 0 Å². The molecule has 0 aromatic carbocycles. The first-order valence-corrected chi connectivity index (χ1v) is 9.77. The first kappa shape index (κ1) is 16.2. The highest BCUT2D eigenvalue weighted by Crippen LogP contribution is 2.43. The lowest BCUT2D eigenvalue weighted by atomic mass is 10.0. The summed E-state index contributed by atoms with van der Waals surface area (Å²) in [4.78, 5) is 0. The van der Waals surface area contributed by atoms with E-state index < -0.39 is 8.80 Å². The molecule has 0 N–H and O–H groups in total. The van der Waals surface area contributed by atoms with Gasteiger partial charge in [0.15, 0.2) is 0 Å². The fraction of sp³-hybridized carbons (Fsp3) is 1.00. The van der Waals surface area contributed by atoms with E-state index in [2.05, 4.69) is 0 Å². The highest BCUT2D eigenvalue weighted by atomic mass is 28.4. The smallest absolute Gasteiger partial charge is 0.374 e. The molecule has 2 fully saturated rings. The van der Waals surface area contributed by atoms with Gasteiger partial charge >= 0.3 is 8.80 Å². The van der Waals surface area contributed by atoms with Crippen molar-refractivity contribution in [3.63, 3.8) is 0 Å². The molecule has 2 aliphatic rings. The van der Waals surface area contributed by atoms with Gasteiger partial charge in [0.25, 0.3) is 0 Å². The maximum atomic E-state index is 5.40. The Balaban J connectivity index is 0.000000194. The van der Waals surface area contributed by atoms with Crippen molar-refractivity contribution in [2.24, 2.45) is 11.8 Å². The maximum absolute atomic E-state index is 5.40. The molecule has 0 atom stereocenters. The fourth-order valence-corrected chi connectivity index (χ4v) is 4.91. The van der Waals surface area contributed by atoms with E-state index in [9.17, 15) is 0 Å². The molecule has 0 amide bonds. The maximum Gasteiger partial charge on any atom is 0.497 e. The second kappa shape index (κ2) is 8.30. The first-order valence-electron chi connectivity index (χ1n) is 7.55. The van der Waals surface area contributed by atoms with Crippen LogP contribution in [0, 0.1) is 11.8 Å². The van der Waals surface area contributed by atoms with Crippen molar-refractivity contribution < 1.29 is 13.3 Å². The van der Waals surface area contributed by atoms with Crippen molar-refractivity contribution >= 4 is 8.80 Å². The summed E-state index contributed by atoms with van der Waals surface area (Å²) in [7, 11) is -2.25. The van der Waals surface area contributed by atoms with Crippen LogP contribution in [0.1, 0.15) is 52.9 Å². The van der Waals surface area contributed by atoms with E-state index in [1.165, 1.54) is 11.8 Å². The number of hydrogen-bond acceptors (Lipinski definition) is 3. The lowest BCUT2D eigenvalue weighted by Crippen LogP contribution is -2.42. The summed E-state index contributed by atoms with van der Waals surface area (Å²) < 4.78 is 16.2. The highest BCUT2D eigenvalue weighted by Gasteiger charge is 2.33. The molecule has 4 heteroatoms. The van der Waals surface area contributed by atoms with Crippen molar-refractivity contribution in [1.29, 1.82) is 0 Å². The summed E-state index contributed by atoms with van der Waals surface area (Å²) in [6.07, 6.45) is 7.82. The summed E-state index contributed by atoms with van der Waals surface area (Å²) >= 11 is 0.